The van der Waals surface area contributed by atoms with E-state index in [1.54, 1.807) is 4.31 Å². The Morgan fingerprint density at radius 3 is 2.62 bits per heavy atom. The van der Waals surface area contributed by atoms with Gasteiger partial charge >= 0.3 is 0 Å². The maximum absolute atomic E-state index is 12.1. The monoisotopic (exact) mass is 379 g/mol. The van der Waals surface area contributed by atoms with Gasteiger partial charge in [-0.05, 0) is 24.8 Å². The molecule has 0 radical (unpaired) electrons. The first kappa shape index (κ1) is 19.0. The highest BCUT2D eigenvalue weighted by Crippen LogP contribution is 2.27. The molecule has 1 aromatic heterocycles. The van der Waals surface area contributed by atoms with Gasteiger partial charge in [0.05, 0.1) is 12.4 Å². The zero-order valence-corrected chi connectivity index (χ0v) is 15.8. The second-order valence-corrected chi connectivity index (χ2v) is 8.60. The molecular formula is C18H25N3O4S. The fraction of sp³-hybridized carbons (Fsp3) is 0.556. The van der Waals surface area contributed by atoms with Crippen molar-refractivity contribution in [3.05, 3.63) is 47.6 Å². The largest absolute Gasteiger partial charge is 0.367 e. The van der Waals surface area contributed by atoms with Gasteiger partial charge in [-0.2, -0.15) is 4.98 Å². The number of nitrogens with zero attached hydrogens (tertiary/aromatic N) is 3. The van der Waals surface area contributed by atoms with Gasteiger partial charge in [0.15, 0.2) is 5.82 Å². The lowest BCUT2D eigenvalue weighted by molar-refractivity contribution is 0.0850. The third kappa shape index (κ3) is 4.90. The Balaban J connectivity index is 1.48. The van der Waals surface area contributed by atoms with Gasteiger partial charge in [0.1, 0.15) is 6.61 Å². The van der Waals surface area contributed by atoms with Crippen LogP contribution in [0, 0.1) is 0 Å². The van der Waals surface area contributed by atoms with Crippen molar-refractivity contribution >= 4 is 10.0 Å². The normalized spacial score (nSPS) is 16.8. The Bertz CT molecular complexity index is 784. The molecule has 2 heterocycles. The van der Waals surface area contributed by atoms with Gasteiger partial charge in [0, 0.05) is 19.0 Å². The molecule has 0 aliphatic carbocycles. The van der Waals surface area contributed by atoms with Gasteiger partial charge in [-0.1, -0.05) is 42.4 Å². The first-order valence-corrected chi connectivity index (χ1v) is 10.6. The van der Waals surface area contributed by atoms with E-state index in [4.69, 9.17) is 9.26 Å². The van der Waals surface area contributed by atoms with Crippen molar-refractivity contribution in [1.82, 2.24) is 14.4 Å². The number of benzene rings is 1. The van der Waals surface area contributed by atoms with Crippen molar-refractivity contribution in [2.75, 3.05) is 18.8 Å². The van der Waals surface area contributed by atoms with Crippen molar-refractivity contribution < 1.29 is 17.7 Å². The third-order valence-electron chi connectivity index (χ3n) is 4.50. The molecule has 0 bridgehead atoms. The number of rotatable bonds is 8. The molecule has 8 heteroatoms. The zero-order valence-electron chi connectivity index (χ0n) is 15.0. The van der Waals surface area contributed by atoms with Crippen LogP contribution in [0.2, 0.25) is 0 Å². The summed E-state index contributed by atoms with van der Waals surface area (Å²) in [6, 6.07) is 9.90. The maximum atomic E-state index is 12.1. The molecule has 0 unspecified atom stereocenters. The Hall–Kier alpha value is -1.77. The molecular weight excluding hydrogens is 354 g/mol. The molecule has 7 nitrogen and oxygen atoms in total. The van der Waals surface area contributed by atoms with Gasteiger partial charge in [0.25, 0.3) is 5.89 Å². The van der Waals surface area contributed by atoms with E-state index in [-0.39, 0.29) is 18.3 Å². The number of aromatic nitrogens is 2. The molecule has 1 saturated heterocycles. The van der Waals surface area contributed by atoms with Crippen molar-refractivity contribution in [2.24, 2.45) is 0 Å². The summed E-state index contributed by atoms with van der Waals surface area (Å²) >= 11 is 0. The number of hydrogen-bond acceptors (Lipinski definition) is 6. The van der Waals surface area contributed by atoms with Crippen LogP contribution in [0.3, 0.4) is 0 Å². The van der Waals surface area contributed by atoms with E-state index in [0.29, 0.717) is 50.7 Å². The Labute approximate surface area is 154 Å². The Kier molecular flexibility index (Phi) is 6.39. The molecule has 1 aliphatic rings. The second kappa shape index (κ2) is 8.75. The SMILES string of the molecule is CCCS(=O)(=O)N1CCC(c2noc(COCc3ccccc3)n2)CC1. The first-order valence-electron chi connectivity index (χ1n) is 9.00. The van der Waals surface area contributed by atoms with Crippen LogP contribution in [0.25, 0.3) is 0 Å². The smallest absolute Gasteiger partial charge is 0.252 e. The molecule has 0 amide bonds. The van der Waals surface area contributed by atoms with Crippen LogP contribution >= 0.6 is 0 Å². The van der Waals surface area contributed by atoms with Crippen LogP contribution in [0.5, 0.6) is 0 Å². The van der Waals surface area contributed by atoms with Gasteiger partial charge in [0.2, 0.25) is 10.0 Å². The van der Waals surface area contributed by atoms with E-state index in [0.717, 1.165) is 5.56 Å². The summed E-state index contributed by atoms with van der Waals surface area (Å²) in [6.07, 6.45) is 2.07. The molecule has 2 aromatic rings. The lowest BCUT2D eigenvalue weighted by Crippen LogP contribution is -2.39. The van der Waals surface area contributed by atoms with Crippen LogP contribution in [0.15, 0.2) is 34.9 Å². The van der Waals surface area contributed by atoms with Gasteiger partial charge in [-0.25, -0.2) is 12.7 Å². The molecule has 142 valence electrons. The highest BCUT2D eigenvalue weighted by molar-refractivity contribution is 7.89. The van der Waals surface area contributed by atoms with Crippen LogP contribution in [-0.2, 0) is 28.0 Å². The molecule has 0 saturated carbocycles. The minimum atomic E-state index is -3.12. The fourth-order valence-electron chi connectivity index (χ4n) is 3.10. The maximum Gasteiger partial charge on any atom is 0.252 e. The minimum absolute atomic E-state index is 0.134. The second-order valence-electron chi connectivity index (χ2n) is 6.51. The zero-order chi connectivity index (χ0) is 18.4. The Morgan fingerprint density at radius 2 is 1.92 bits per heavy atom. The molecule has 0 N–H and O–H groups in total. The standard InChI is InChI=1S/C18H25N3O4S/c1-2-12-26(22,23)21-10-8-16(9-11-21)18-19-17(25-20-18)14-24-13-15-6-4-3-5-7-15/h3-7,16H,2,8-14H2,1H3. The number of hydrogen-bond donors (Lipinski definition) is 0. The molecule has 1 fully saturated rings. The van der Waals surface area contributed by atoms with Crippen LogP contribution < -0.4 is 0 Å². The summed E-state index contributed by atoms with van der Waals surface area (Å²) in [4.78, 5) is 4.42. The first-order chi connectivity index (χ1) is 12.6. The summed E-state index contributed by atoms with van der Waals surface area (Å²) < 4.78 is 36.7. The molecule has 26 heavy (non-hydrogen) atoms. The number of sulfonamides is 1. The summed E-state index contributed by atoms with van der Waals surface area (Å²) in [6.45, 7) is 3.67. The topological polar surface area (TPSA) is 85.5 Å². The average molecular weight is 379 g/mol. The van der Waals surface area contributed by atoms with E-state index in [1.165, 1.54) is 0 Å². The molecule has 1 aliphatic heterocycles. The predicted molar refractivity (Wildman–Crippen MR) is 96.9 cm³/mol. The quantitative estimate of drug-likeness (QED) is 0.701. The highest BCUT2D eigenvalue weighted by Gasteiger charge is 2.30. The average Bonchev–Trinajstić information content (AvgIpc) is 3.12. The molecule has 0 atom stereocenters. The van der Waals surface area contributed by atoms with Crippen molar-refractivity contribution in [2.45, 2.75) is 45.3 Å². The lowest BCUT2D eigenvalue weighted by Gasteiger charge is -2.29. The van der Waals surface area contributed by atoms with Gasteiger partial charge in [-0.15, -0.1) is 0 Å². The predicted octanol–water partition coefficient (Wildman–Crippen LogP) is 2.71. The van der Waals surface area contributed by atoms with E-state index >= 15 is 0 Å². The Morgan fingerprint density at radius 1 is 1.19 bits per heavy atom. The van der Waals surface area contributed by atoms with Crippen LogP contribution in [-0.4, -0.2) is 41.7 Å². The van der Waals surface area contributed by atoms with Crippen molar-refractivity contribution in [3.63, 3.8) is 0 Å². The van der Waals surface area contributed by atoms with Crippen molar-refractivity contribution in [1.29, 1.82) is 0 Å². The summed E-state index contributed by atoms with van der Waals surface area (Å²) in [5.41, 5.74) is 1.09. The number of piperidine rings is 1. The number of ether oxygens (including phenoxy) is 1. The van der Waals surface area contributed by atoms with Crippen LogP contribution in [0.1, 0.15) is 49.4 Å². The van der Waals surface area contributed by atoms with Gasteiger partial charge < -0.3 is 9.26 Å². The molecule has 0 spiro atoms. The summed E-state index contributed by atoms with van der Waals surface area (Å²) in [7, 11) is -3.12. The molecule has 3 rings (SSSR count). The summed E-state index contributed by atoms with van der Waals surface area (Å²) in [5.74, 6) is 1.45. The molecule has 1 aromatic carbocycles. The highest BCUT2D eigenvalue weighted by atomic mass is 32.2. The van der Waals surface area contributed by atoms with Crippen LogP contribution in [0.4, 0.5) is 0 Å². The van der Waals surface area contributed by atoms with Gasteiger partial charge in [-0.3, -0.25) is 0 Å². The van der Waals surface area contributed by atoms with E-state index in [2.05, 4.69) is 10.1 Å². The lowest BCUT2D eigenvalue weighted by atomic mass is 9.98. The fourth-order valence-corrected chi connectivity index (χ4v) is 4.64. The van der Waals surface area contributed by atoms with Crippen molar-refractivity contribution in [3.8, 4) is 0 Å². The summed E-state index contributed by atoms with van der Waals surface area (Å²) in [5, 5.41) is 4.05. The van der Waals surface area contributed by atoms with E-state index in [1.807, 2.05) is 37.3 Å². The van der Waals surface area contributed by atoms with E-state index in [9.17, 15) is 8.42 Å². The third-order valence-corrected chi connectivity index (χ3v) is 6.57. The minimum Gasteiger partial charge on any atom is -0.367 e. The van der Waals surface area contributed by atoms with E-state index < -0.39 is 10.0 Å².